The van der Waals surface area contributed by atoms with Crippen molar-refractivity contribution in [3.63, 3.8) is 0 Å². The van der Waals surface area contributed by atoms with Crippen LogP contribution in [0.3, 0.4) is 0 Å². The van der Waals surface area contributed by atoms with Crippen LogP contribution < -0.4 is 45.1 Å². The standard InChI is InChI=1S/C36H45N3O8S/c1-21(40)38-26-11-9-23-19-32(45-4)34(46-5)35(47-6)33(23)24-10-12-27(29(41)20-25(24)26)39-28(15-17-48-7)36(42)37-16-14-22-8-13-30(43-2)31(18-22)44-3/h8,10,12-13,18-20,26,28H,9,11,14-17H2,1-7H3,(H,37,42)(H,38,40)(H,39,41)/t26-,28+/m0/s1. The number of hydrogen-bond donors (Lipinski definition) is 3. The number of amides is 2. The molecule has 0 unspecified atom stereocenters. The molecule has 11 nitrogen and oxygen atoms in total. The molecular weight excluding hydrogens is 634 g/mol. The monoisotopic (exact) mass is 679 g/mol. The van der Waals surface area contributed by atoms with E-state index in [0.29, 0.717) is 77.9 Å². The van der Waals surface area contributed by atoms with Gasteiger partial charge in [0.25, 0.3) is 0 Å². The maximum atomic E-state index is 13.9. The van der Waals surface area contributed by atoms with Crippen molar-refractivity contribution in [1.29, 1.82) is 0 Å². The molecule has 48 heavy (non-hydrogen) atoms. The molecule has 0 saturated carbocycles. The SMILES string of the molecule is COc1ccc(CCNC(=O)[C@@H](CCSC)Nc2ccc3c(cc2=O)[C@@H](NC(C)=O)CCc2cc(OC)c(OC)c(OC)c2-3)cc1OC. The molecule has 1 aliphatic rings. The maximum Gasteiger partial charge on any atom is 0.242 e. The van der Waals surface area contributed by atoms with E-state index >= 15 is 0 Å². The second-order valence-corrected chi connectivity index (χ2v) is 12.3. The normalized spacial score (nSPS) is 13.9. The second-order valence-electron chi connectivity index (χ2n) is 11.3. The zero-order valence-electron chi connectivity index (χ0n) is 28.6. The van der Waals surface area contributed by atoms with Gasteiger partial charge in [0.05, 0.1) is 47.3 Å². The molecule has 1 aliphatic carbocycles. The average Bonchev–Trinajstić information content (AvgIpc) is 3.33. The van der Waals surface area contributed by atoms with Crippen LogP contribution in [0.4, 0.5) is 5.69 Å². The highest BCUT2D eigenvalue weighted by atomic mass is 32.2. The number of methoxy groups -OCH3 is 5. The van der Waals surface area contributed by atoms with E-state index in [1.807, 2.05) is 36.6 Å². The summed E-state index contributed by atoms with van der Waals surface area (Å²) in [4.78, 5) is 39.6. The van der Waals surface area contributed by atoms with Crippen LogP contribution in [0.15, 0.2) is 47.3 Å². The molecule has 0 heterocycles. The summed E-state index contributed by atoms with van der Waals surface area (Å²) >= 11 is 1.62. The fourth-order valence-electron chi connectivity index (χ4n) is 6.01. The van der Waals surface area contributed by atoms with Gasteiger partial charge in [-0.3, -0.25) is 14.4 Å². The molecule has 4 rings (SSSR count). The second kappa shape index (κ2) is 17.0. The lowest BCUT2D eigenvalue weighted by molar-refractivity contribution is -0.122. The number of aryl methyl sites for hydroxylation is 1. The minimum atomic E-state index is -0.657. The molecule has 3 aromatic carbocycles. The number of anilines is 1. The Kier molecular flexibility index (Phi) is 12.8. The van der Waals surface area contributed by atoms with E-state index in [2.05, 4.69) is 16.0 Å². The van der Waals surface area contributed by atoms with Gasteiger partial charge in [0.15, 0.2) is 23.0 Å². The molecule has 0 spiro atoms. The van der Waals surface area contributed by atoms with Crippen molar-refractivity contribution in [2.45, 2.75) is 44.7 Å². The van der Waals surface area contributed by atoms with E-state index in [0.717, 1.165) is 16.7 Å². The van der Waals surface area contributed by atoms with Gasteiger partial charge in [0, 0.05) is 19.0 Å². The highest BCUT2D eigenvalue weighted by Crippen LogP contribution is 2.50. The van der Waals surface area contributed by atoms with Crippen LogP contribution in [0.25, 0.3) is 11.1 Å². The Bertz CT molecular complexity index is 1680. The van der Waals surface area contributed by atoms with Crippen LogP contribution in [0, 0.1) is 0 Å². The third-order valence-corrected chi connectivity index (χ3v) is 8.98. The number of hydrogen-bond acceptors (Lipinski definition) is 10. The highest BCUT2D eigenvalue weighted by Gasteiger charge is 2.30. The summed E-state index contributed by atoms with van der Waals surface area (Å²) in [7, 11) is 7.83. The first-order valence-electron chi connectivity index (χ1n) is 15.7. The average molecular weight is 680 g/mol. The van der Waals surface area contributed by atoms with Crippen molar-refractivity contribution in [2.75, 3.05) is 59.4 Å². The largest absolute Gasteiger partial charge is 0.493 e. The Hall–Kier alpha value is -4.58. The van der Waals surface area contributed by atoms with Gasteiger partial charge in [-0.1, -0.05) is 12.1 Å². The van der Waals surface area contributed by atoms with Crippen molar-refractivity contribution >= 4 is 29.3 Å². The van der Waals surface area contributed by atoms with E-state index in [-0.39, 0.29) is 22.9 Å². The molecule has 2 atom stereocenters. The number of thioether (sulfide) groups is 1. The van der Waals surface area contributed by atoms with E-state index in [1.54, 1.807) is 59.4 Å². The molecule has 0 aliphatic heterocycles. The Morgan fingerprint density at radius 1 is 0.896 bits per heavy atom. The van der Waals surface area contributed by atoms with E-state index in [4.69, 9.17) is 23.7 Å². The quantitative estimate of drug-likeness (QED) is 0.206. The number of ether oxygens (including phenoxy) is 5. The van der Waals surface area contributed by atoms with Crippen LogP contribution in [0.5, 0.6) is 28.7 Å². The van der Waals surface area contributed by atoms with E-state index in [1.165, 1.54) is 6.92 Å². The molecule has 258 valence electrons. The summed E-state index contributed by atoms with van der Waals surface area (Å²) in [5.41, 5.74) is 3.99. The third kappa shape index (κ3) is 8.28. The lowest BCUT2D eigenvalue weighted by Crippen LogP contribution is -2.41. The first kappa shape index (κ1) is 36.3. The number of rotatable bonds is 15. The van der Waals surface area contributed by atoms with Gasteiger partial charge < -0.3 is 39.6 Å². The number of fused-ring (bicyclic) bond motifs is 3. The highest BCUT2D eigenvalue weighted by molar-refractivity contribution is 7.98. The Labute approximate surface area is 286 Å². The van der Waals surface area contributed by atoms with Crippen LogP contribution in [0.1, 0.15) is 42.5 Å². The van der Waals surface area contributed by atoms with Crippen molar-refractivity contribution in [3.05, 3.63) is 69.4 Å². The lowest BCUT2D eigenvalue weighted by Gasteiger charge is -2.19. The molecule has 3 N–H and O–H groups in total. The van der Waals surface area contributed by atoms with Crippen molar-refractivity contribution < 1.29 is 33.3 Å². The smallest absolute Gasteiger partial charge is 0.242 e. The minimum absolute atomic E-state index is 0.210. The van der Waals surface area contributed by atoms with Gasteiger partial charge in [0.1, 0.15) is 6.04 Å². The van der Waals surface area contributed by atoms with E-state index < -0.39 is 12.1 Å². The Balaban J connectivity index is 1.69. The first-order valence-corrected chi connectivity index (χ1v) is 17.1. The summed E-state index contributed by atoms with van der Waals surface area (Å²) in [5, 5.41) is 9.28. The predicted octanol–water partition coefficient (Wildman–Crippen LogP) is 4.77. The zero-order chi connectivity index (χ0) is 34.8. The molecule has 2 amide bonds. The van der Waals surface area contributed by atoms with Gasteiger partial charge in [-0.05, 0) is 90.3 Å². The summed E-state index contributed by atoms with van der Waals surface area (Å²) in [6.07, 6.45) is 4.20. The summed E-state index contributed by atoms with van der Waals surface area (Å²) in [6, 6.07) is 11.5. The van der Waals surface area contributed by atoms with Gasteiger partial charge in [0.2, 0.25) is 23.0 Å². The predicted molar refractivity (Wildman–Crippen MR) is 189 cm³/mol. The molecule has 0 saturated heterocycles. The molecule has 3 aromatic rings. The van der Waals surface area contributed by atoms with Crippen molar-refractivity contribution in [2.24, 2.45) is 0 Å². The Morgan fingerprint density at radius 2 is 1.62 bits per heavy atom. The molecule has 0 aromatic heterocycles. The Morgan fingerprint density at radius 3 is 2.27 bits per heavy atom. The molecule has 12 heteroatoms. The minimum Gasteiger partial charge on any atom is -0.493 e. The van der Waals surface area contributed by atoms with Gasteiger partial charge in [-0.25, -0.2) is 0 Å². The third-order valence-electron chi connectivity index (χ3n) is 8.33. The fourth-order valence-corrected chi connectivity index (χ4v) is 6.48. The number of carbonyl (C=O) groups excluding carboxylic acids is 2. The van der Waals surface area contributed by atoms with Crippen LogP contribution in [-0.4, -0.2) is 72.0 Å². The summed E-state index contributed by atoms with van der Waals surface area (Å²) < 4.78 is 27.9. The molecule has 0 bridgehead atoms. The lowest BCUT2D eigenvalue weighted by atomic mass is 9.95. The number of nitrogens with one attached hydrogen (secondary N) is 3. The topological polar surface area (TPSA) is 133 Å². The molecule has 0 fully saturated rings. The maximum absolute atomic E-state index is 13.9. The molecular formula is C36H45N3O8S. The van der Waals surface area contributed by atoms with Gasteiger partial charge >= 0.3 is 0 Å². The van der Waals surface area contributed by atoms with E-state index in [9.17, 15) is 14.4 Å². The van der Waals surface area contributed by atoms with Gasteiger partial charge in [-0.15, -0.1) is 0 Å². The zero-order valence-corrected chi connectivity index (χ0v) is 29.4. The van der Waals surface area contributed by atoms with Crippen LogP contribution >= 0.6 is 11.8 Å². The van der Waals surface area contributed by atoms with Crippen molar-refractivity contribution in [3.8, 4) is 39.9 Å². The van der Waals surface area contributed by atoms with Gasteiger partial charge in [-0.2, -0.15) is 11.8 Å². The first-order chi connectivity index (χ1) is 23.2. The summed E-state index contributed by atoms with van der Waals surface area (Å²) in [5.74, 6) is 2.97. The van der Waals surface area contributed by atoms with Crippen LogP contribution in [-0.2, 0) is 22.4 Å². The number of carbonyl (C=O) groups is 2. The number of benzene rings is 2. The van der Waals surface area contributed by atoms with Crippen molar-refractivity contribution in [1.82, 2.24) is 10.6 Å². The summed E-state index contributed by atoms with van der Waals surface area (Å²) in [6.45, 7) is 1.85. The molecule has 0 radical (unpaired) electrons. The fraction of sp³-hybridized carbons (Fsp3) is 0.417. The van der Waals surface area contributed by atoms with Crippen LogP contribution in [0.2, 0.25) is 0 Å².